The lowest BCUT2D eigenvalue weighted by Crippen LogP contribution is -2.47. The highest BCUT2D eigenvalue weighted by Gasteiger charge is 2.30. The summed E-state index contributed by atoms with van der Waals surface area (Å²) in [6.45, 7) is 0. The van der Waals surface area contributed by atoms with E-state index in [1.54, 1.807) is 11.9 Å². The Balaban J connectivity index is 1.45. The number of benzene rings is 2. The molecule has 1 atom stereocenters. The predicted octanol–water partition coefficient (Wildman–Crippen LogP) is 2.10. The van der Waals surface area contributed by atoms with Gasteiger partial charge >= 0.3 is 0 Å². The molecule has 7 nitrogen and oxygen atoms in total. The third-order valence-electron chi connectivity index (χ3n) is 4.95. The van der Waals surface area contributed by atoms with Crippen LogP contribution >= 0.6 is 0 Å². The smallest absolute Gasteiger partial charge is 0.289 e. The normalized spacial score (nSPS) is 16.4. The van der Waals surface area contributed by atoms with Crippen LogP contribution in [0, 0.1) is 0 Å². The molecule has 0 bridgehead atoms. The molecule has 7 heteroatoms. The number of aromatic amines is 1. The first-order valence-electron chi connectivity index (χ1n) is 9.23. The molecule has 0 unspecified atom stereocenters. The van der Waals surface area contributed by atoms with Crippen LogP contribution in [0.3, 0.4) is 0 Å². The fourth-order valence-electron chi connectivity index (χ4n) is 3.45. The number of H-pyrrole nitrogens is 1. The second-order valence-corrected chi connectivity index (χ2v) is 6.87. The zero-order valence-electron chi connectivity index (χ0n) is 15.6. The quantitative estimate of drug-likeness (QED) is 0.731. The number of fused-ring (bicyclic) bond motifs is 1. The van der Waals surface area contributed by atoms with E-state index in [0.29, 0.717) is 25.1 Å². The fourth-order valence-corrected chi connectivity index (χ4v) is 3.45. The predicted molar refractivity (Wildman–Crippen MR) is 105 cm³/mol. The lowest BCUT2D eigenvalue weighted by Gasteiger charge is -2.21. The van der Waals surface area contributed by atoms with Crippen LogP contribution in [-0.4, -0.2) is 40.1 Å². The van der Waals surface area contributed by atoms with Crippen molar-refractivity contribution in [3.8, 4) is 0 Å². The summed E-state index contributed by atoms with van der Waals surface area (Å²) in [6, 6.07) is 17.0. The lowest BCUT2D eigenvalue weighted by molar-refractivity contribution is -0.120. The first kappa shape index (κ1) is 17.9. The van der Waals surface area contributed by atoms with Gasteiger partial charge in [-0.25, -0.2) is 0 Å². The van der Waals surface area contributed by atoms with E-state index in [1.807, 2.05) is 54.6 Å². The minimum atomic E-state index is -0.604. The Hall–Kier alpha value is -3.48. The van der Waals surface area contributed by atoms with Crippen LogP contribution in [-0.2, 0) is 17.6 Å². The number of hydrogen-bond acceptors (Lipinski definition) is 4. The van der Waals surface area contributed by atoms with E-state index < -0.39 is 11.9 Å². The zero-order chi connectivity index (χ0) is 19.5. The summed E-state index contributed by atoms with van der Waals surface area (Å²) in [6.07, 6.45) is 1.81. The lowest BCUT2D eigenvalue weighted by atomic mass is 10.1. The minimum Gasteiger partial charge on any atom is -0.337 e. The van der Waals surface area contributed by atoms with Crippen LogP contribution in [0.25, 0.3) is 0 Å². The molecule has 1 aliphatic rings. The number of anilines is 1. The molecule has 2 heterocycles. The van der Waals surface area contributed by atoms with Gasteiger partial charge in [0.1, 0.15) is 11.9 Å². The first-order chi connectivity index (χ1) is 13.6. The monoisotopic (exact) mass is 375 g/mol. The van der Waals surface area contributed by atoms with Crippen molar-refractivity contribution in [2.24, 2.45) is 0 Å². The van der Waals surface area contributed by atoms with Crippen molar-refractivity contribution in [1.29, 1.82) is 0 Å². The molecule has 0 saturated carbocycles. The van der Waals surface area contributed by atoms with Crippen molar-refractivity contribution in [3.63, 3.8) is 0 Å². The van der Waals surface area contributed by atoms with Crippen LogP contribution in [0.5, 0.6) is 0 Å². The highest BCUT2D eigenvalue weighted by Crippen LogP contribution is 2.25. The number of hydrogen-bond donors (Lipinski definition) is 2. The van der Waals surface area contributed by atoms with E-state index in [2.05, 4.69) is 20.5 Å². The van der Waals surface area contributed by atoms with E-state index in [4.69, 9.17) is 0 Å². The summed E-state index contributed by atoms with van der Waals surface area (Å²) < 4.78 is 0. The Bertz CT molecular complexity index is 999. The van der Waals surface area contributed by atoms with Gasteiger partial charge in [0.25, 0.3) is 5.91 Å². The summed E-state index contributed by atoms with van der Waals surface area (Å²) >= 11 is 0. The Morgan fingerprint density at radius 2 is 1.89 bits per heavy atom. The van der Waals surface area contributed by atoms with Crippen LogP contribution in [0.1, 0.15) is 34.0 Å². The Morgan fingerprint density at radius 3 is 2.71 bits per heavy atom. The molecule has 2 aromatic carbocycles. The topological polar surface area (TPSA) is 91.0 Å². The molecule has 0 saturated heterocycles. The molecule has 0 spiro atoms. The molecule has 1 aliphatic heterocycles. The Kier molecular flexibility index (Phi) is 4.89. The number of likely N-dealkylation sites (N-methyl/N-ethyl adjacent to an activating group) is 1. The molecule has 3 aromatic rings. The summed E-state index contributed by atoms with van der Waals surface area (Å²) in [5, 5.41) is 10.8. The fraction of sp³-hybridized carbons (Fsp3) is 0.238. The van der Waals surface area contributed by atoms with Gasteiger partial charge in [0.05, 0.1) is 0 Å². The summed E-state index contributed by atoms with van der Waals surface area (Å²) in [4.78, 5) is 29.9. The maximum absolute atomic E-state index is 12.8. The molecule has 2 amide bonds. The van der Waals surface area contributed by atoms with Crippen molar-refractivity contribution in [2.75, 3.05) is 11.9 Å². The summed E-state index contributed by atoms with van der Waals surface area (Å²) in [5.41, 5.74) is 3.05. The van der Waals surface area contributed by atoms with Crippen LogP contribution in [0.15, 0.2) is 54.6 Å². The molecular formula is C21H21N5O2. The maximum atomic E-state index is 12.8. The summed E-state index contributed by atoms with van der Waals surface area (Å²) in [7, 11) is 1.73. The third-order valence-corrected chi connectivity index (χ3v) is 4.95. The molecule has 4 rings (SSSR count). The van der Waals surface area contributed by atoms with Crippen molar-refractivity contribution in [3.05, 3.63) is 77.4 Å². The van der Waals surface area contributed by atoms with E-state index >= 15 is 0 Å². The van der Waals surface area contributed by atoms with Crippen LogP contribution < -0.4 is 10.2 Å². The Morgan fingerprint density at radius 1 is 1.14 bits per heavy atom. The van der Waals surface area contributed by atoms with Gasteiger partial charge in [-0.2, -0.15) is 0 Å². The molecule has 0 radical (unpaired) electrons. The molecule has 28 heavy (non-hydrogen) atoms. The van der Waals surface area contributed by atoms with Crippen molar-refractivity contribution in [2.45, 2.75) is 25.3 Å². The first-order valence-corrected chi connectivity index (χ1v) is 9.23. The van der Waals surface area contributed by atoms with Gasteiger partial charge in [-0.15, -0.1) is 10.2 Å². The number of aryl methyl sites for hydroxylation is 1. The average molecular weight is 375 g/mol. The minimum absolute atomic E-state index is 0.114. The van der Waals surface area contributed by atoms with Crippen molar-refractivity contribution < 1.29 is 9.59 Å². The molecule has 0 fully saturated rings. The average Bonchev–Trinajstić information content (AvgIpc) is 3.15. The second-order valence-electron chi connectivity index (χ2n) is 6.87. The van der Waals surface area contributed by atoms with Gasteiger partial charge in [-0.05, 0) is 30.0 Å². The van der Waals surface area contributed by atoms with E-state index in [-0.39, 0.29) is 11.7 Å². The van der Waals surface area contributed by atoms with Gasteiger partial charge in [0.2, 0.25) is 11.7 Å². The number of para-hydroxylation sites is 1. The number of carbonyl (C=O) groups excluding carboxylic acids is 2. The molecule has 2 N–H and O–H groups in total. The highest BCUT2D eigenvalue weighted by molar-refractivity contribution is 6.01. The maximum Gasteiger partial charge on any atom is 0.289 e. The Labute approximate surface area is 162 Å². The molecular weight excluding hydrogens is 354 g/mol. The van der Waals surface area contributed by atoms with Gasteiger partial charge in [-0.1, -0.05) is 48.5 Å². The number of aromatic nitrogens is 3. The van der Waals surface area contributed by atoms with Gasteiger partial charge in [0.15, 0.2) is 0 Å². The van der Waals surface area contributed by atoms with E-state index in [1.165, 1.54) is 0 Å². The SMILES string of the molecule is CN1C(=O)[C@H](NC(=O)c2nnc(Cc3ccccc3)[nH]2)CCc2ccccc21. The van der Waals surface area contributed by atoms with Crippen molar-refractivity contribution >= 4 is 17.5 Å². The number of rotatable bonds is 4. The zero-order valence-corrected chi connectivity index (χ0v) is 15.6. The highest BCUT2D eigenvalue weighted by atomic mass is 16.2. The van der Waals surface area contributed by atoms with Crippen molar-refractivity contribution in [1.82, 2.24) is 20.5 Å². The molecule has 1 aromatic heterocycles. The number of nitrogens with zero attached hydrogens (tertiary/aromatic N) is 3. The number of carbonyl (C=O) groups is 2. The van der Waals surface area contributed by atoms with Crippen LogP contribution in [0.4, 0.5) is 5.69 Å². The summed E-state index contributed by atoms with van der Waals surface area (Å²) in [5.74, 6) is 0.156. The molecule has 0 aliphatic carbocycles. The van der Waals surface area contributed by atoms with E-state index in [0.717, 1.165) is 16.8 Å². The number of nitrogens with one attached hydrogen (secondary N) is 2. The van der Waals surface area contributed by atoms with Crippen LogP contribution in [0.2, 0.25) is 0 Å². The largest absolute Gasteiger partial charge is 0.337 e. The van der Waals surface area contributed by atoms with Gasteiger partial charge in [0, 0.05) is 19.2 Å². The molecule has 142 valence electrons. The third kappa shape index (κ3) is 3.64. The standard InChI is InChI=1S/C21H21N5O2/c1-26-17-10-6-5-9-15(17)11-12-16(21(26)28)22-20(27)19-23-18(24-25-19)13-14-7-3-2-4-8-14/h2-10,16H,11-13H2,1H3,(H,22,27)(H,23,24,25)/t16-/m1/s1. The number of amides is 2. The van der Waals surface area contributed by atoms with E-state index in [9.17, 15) is 9.59 Å². The second kappa shape index (κ2) is 7.64. The van der Waals surface area contributed by atoms with Gasteiger partial charge in [-0.3, -0.25) is 9.59 Å². The van der Waals surface area contributed by atoms with Gasteiger partial charge < -0.3 is 15.2 Å².